The molecule has 0 aromatic rings. The van der Waals surface area contributed by atoms with Gasteiger partial charge >= 0.3 is 0 Å². The molecule has 3 saturated carbocycles. The SMILES string of the molecule is C[C@@H]1/C(=N\O)C[C@H]2C[C@H]1C2(C)C. The van der Waals surface area contributed by atoms with Crippen LogP contribution in [0.15, 0.2) is 5.16 Å². The Morgan fingerprint density at radius 3 is 2.58 bits per heavy atom. The van der Waals surface area contributed by atoms with E-state index in [0.717, 1.165) is 24.0 Å². The van der Waals surface area contributed by atoms with Gasteiger partial charge in [0, 0.05) is 5.92 Å². The summed E-state index contributed by atoms with van der Waals surface area (Å²) >= 11 is 0. The van der Waals surface area contributed by atoms with Crippen LogP contribution in [0.25, 0.3) is 0 Å². The van der Waals surface area contributed by atoms with Crippen molar-refractivity contribution in [1.82, 2.24) is 0 Å². The number of rotatable bonds is 0. The molecule has 2 bridgehead atoms. The Hall–Kier alpha value is -0.530. The molecule has 0 spiro atoms. The van der Waals surface area contributed by atoms with Gasteiger partial charge in [0.15, 0.2) is 0 Å². The first-order valence-electron chi connectivity index (χ1n) is 4.78. The van der Waals surface area contributed by atoms with Crippen molar-refractivity contribution in [2.24, 2.45) is 28.3 Å². The van der Waals surface area contributed by atoms with E-state index in [-0.39, 0.29) is 0 Å². The largest absolute Gasteiger partial charge is 0.411 e. The highest BCUT2D eigenvalue weighted by Crippen LogP contribution is 2.60. The summed E-state index contributed by atoms with van der Waals surface area (Å²) in [6.45, 7) is 6.88. The standard InChI is InChI=1S/C10H17NO/c1-6-8-4-7(10(8,2)3)5-9(6)11-12/h6-8,12H,4-5H2,1-3H3/b11-9-/t6-,7+,8+/m0/s1. The van der Waals surface area contributed by atoms with Gasteiger partial charge in [0.2, 0.25) is 0 Å². The Balaban J connectivity index is 2.22. The second kappa shape index (κ2) is 2.24. The molecule has 3 aliphatic rings. The van der Waals surface area contributed by atoms with Crippen LogP contribution in [-0.2, 0) is 0 Å². The average molecular weight is 167 g/mol. The van der Waals surface area contributed by atoms with Crippen LogP contribution in [-0.4, -0.2) is 10.9 Å². The van der Waals surface area contributed by atoms with E-state index in [1.54, 1.807) is 0 Å². The van der Waals surface area contributed by atoms with E-state index in [2.05, 4.69) is 25.9 Å². The fourth-order valence-electron chi connectivity index (χ4n) is 3.05. The molecule has 1 N–H and O–H groups in total. The lowest BCUT2D eigenvalue weighted by atomic mass is 9.45. The van der Waals surface area contributed by atoms with E-state index < -0.39 is 0 Å². The van der Waals surface area contributed by atoms with E-state index in [1.165, 1.54) is 6.42 Å². The highest BCUT2D eigenvalue weighted by molar-refractivity contribution is 5.88. The van der Waals surface area contributed by atoms with Crippen LogP contribution in [0.3, 0.4) is 0 Å². The van der Waals surface area contributed by atoms with E-state index in [1.807, 2.05) is 0 Å². The lowest BCUT2D eigenvalue weighted by Crippen LogP contribution is -2.55. The van der Waals surface area contributed by atoms with Crippen LogP contribution in [0.4, 0.5) is 0 Å². The Morgan fingerprint density at radius 2 is 2.17 bits per heavy atom. The Kier molecular flexibility index (Phi) is 1.51. The van der Waals surface area contributed by atoms with Crippen LogP contribution in [0.2, 0.25) is 0 Å². The van der Waals surface area contributed by atoms with Gasteiger partial charge < -0.3 is 5.21 Å². The Morgan fingerprint density at radius 1 is 1.50 bits per heavy atom. The van der Waals surface area contributed by atoms with Crippen molar-refractivity contribution in [3.05, 3.63) is 0 Å². The second-order valence-corrected chi connectivity index (χ2v) is 4.94. The molecular weight excluding hydrogens is 150 g/mol. The third-order valence-corrected chi connectivity index (χ3v) is 4.26. The van der Waals surface area contributed by atoms with Gasteiger partial charge in [-0.3, -0.25) is 0 Å². The van der Waals surface area contributed by atoms with Crippen LogP contribution < -0.4 is 0 Å². The fourth-order valence-corrected chi connectivity index (χ4v) is 3.05. The minimum Gasteiger partial charge on any atom is -0.411 e. The molecule has 0 unspecified atom stereocenters. The minimum absolute atomic E-state index is 0.494. The van der Waals surface area contributed by atoms with E-state index in [4.69, 9.17) is 5.21 Å². The molecule has 3 fully saturated rings. The predicted octanol–water partition coefficient (Wildman–Crippen LogP) is 2.52. The van der Waals surface area contributed by atoms with Crippen molar-refractivity contribution >= 4 is 5.71 Å². The number of fused-ring (bicyclic) bond motifs is 2. The number of nitrogens with zero attached hydrogens (tertiary/aromatic N) is 1. The smallest absolute Gasteiger partial charge is 0.0604 e. The first-order valence-corrected chi connectivity index (χ1v) is 4.78. The molecule has 0 saturated heterocycles. The van der Waals surface area contributed by atoms with Gasteiger partial charge in [-0.25, -0.2) is 0 Å². The first-order chi connectivity index (χ1) is 5.57. The molecule has 2 nitrogen and oxygen atoms in total. The third-order valence-electron chi connectivity index (χ3n) is 4.26. The summed E-state index contributed by atoms with van der Waals surface area (Å²) in [6, 6.07) is 0. The predicted molar refractivity (Wildman–Crippen MR) is 48.4 cm³/mol. The summed E-state index contributed by atoms with van der Waals surface area (Å²) in [4.78, 5) is 0. The lowest BCUT2D eigenvalue weighted by molar-refractivity contribution is -0.0534. The molecule has 2 heteroatoms. The zero-order valence-corrected chi connectivity index (χ0v) is 8.04. The summed E-state index contributed by atoms with van der Waals surface area (Å²) in [5.74, 6) is 2.02. The molecule has 0 heterocycles. The Labute approximate surface area is 73.7 Å². The maximum atomic E-state index is 8.76. The normalized spacial score (nSPS) is 47.2. The number of hydrogen-bond donors (Lipinski definition) is 1. The van der Waals surface area contributed by atoms with Gasteiger partial charge in [0.05, 0.1) is 5.71 Å². The van der Waals surface area contributed by atoms with E-state index in [0.29, 0.717) is 11.3 Å². The number of hydrogen-bond acceptors (Lipinski definition) is 2. The third kappa shape index (κ3) is 0.782. The van der Waals surface area contributed by atoms with Crippen LogP contribution in [0.1, 0.15) is 33.6 Å². The van der Waals surface area contributed by atoms with Crippen LogP contribution in [0.5, 0.6) is 0 Å². The Bertz CT molecular complexity index is 232. The van der Waals surface area contributed by atoms with Crippen LogP contribution >= 0.6 is 0 Å². The molecule has 68 valence electrons. The molecule has 0 amide bonds. The molecule has 0 radical (unpaired) electrons. The molecular formula is C10H17NO. The summed E-state index contributed by atoms with van der Waals surface area (Å²) in [5, 5.41) is 12.1. The van der Waals surface area contributed by atoms with Gasteiger partial charge in [0.25, 0.3) is 0 Å². The molecule has 0 aromatic carbocycles. The van der Waals surface area contributed by atoms with E-state index >= 15 is 0 Å². The van der Waals surface area contributed by atoms with Gasteiger partial charge in [0.1, 0.15) is 0 Å². The fraction of sp³-hybridized carbons (Fsp3) is 0.900. The van der Waals surface area contributed by atoms with Crippen molar-refractivity contribution < 1.29 is 5.21 Å². The maximum absolute atomic E-state index is 8.76. The quantitative estimate of drug-likeness (QED) is 0.436. The molecule has 12 heavy (non-hydrogen) atoms. The summed E-state index contributed by atoms with van der Waals surface area (Å²) in [6.07, 6.45) is 2.36. The monoisotopic (exact) mass is 167 g/mol. The molecule has 3 rings (SSSR count). The van der Waals surface area contributed by atoms with Crippen molar-refractivity contribution in [1.29, 1.82) is 0 Å². The minimum atomic E-state index is 0.494. The van der Waals surface area contributed by atoms with Crippen molar-refractivity contribution in [3.8, 4) is 0 Å². The van der Waals surface area contributed by atoms with E-state index in [9.17, 15) is 0 Å². The molecule has 0 aromatic heterocycles. The topological polar surface area (TPSA) is 32.6 Å². The van der Waals surface area contributed by atoms with Crippen molar-refractivity contribution in [2.45, 2.75) is 33.6 Å². The zero-order chi connectivity index (χ0) is 8.93. The first kappa shape index (κ1) is 8.09. The van der Waals surface area contributed by atoms with Crippen molar-refractivity contribution in [2.75, 3.05) is 0 Å². The maximum Gasteiger partial charge on any atom is 0.0604 e. The highest BCUT2D eigenvalue weighted by Gasteiger charge is 2.55. The molecule has 3 aliphatic carbocycles. The van der Waals surface area contributed by atoms with Gasteiger partial charge in [-0.05, 0) is 30.1 Å². The second-order valence-electron chi connectivity index (χ2n) is 4.94. The summed E-state index contributed by atoms with van der Waals surface area (Å²) in [7, 11) is 0. The van der Waals surface area contributed by atoms with Gasteiger partial charge in [-0.2, -0.15) is 0 Å². The van der Waals surface area contributed by atoms with Crippen molar-refractivity contribution in [3.63, 3.8) is 0 Å². The number of oxime groups is 1. The molecule has 3 atom stereocenters. The van der Waals surface area contributed by atoms with Crippen LogP contribution in [0, 0.1) is 23.2 Å². The van der Waals surface area contributed by atoms with Gasteiger partial charge in [-0.1, -0.05) is 25.9 Å². The highest BCUT2D eigenvalue weighted by atomic mass is 16.4. The average Bonchev–Trinajstić information content (AvgIpc) is 2.03. The van der Waals surface area contributed by atoms with Gasteiger partial charge in [-0.15, -0.1) is 0 Å². The molecule has 0 aliphatic heterocycles. The summed E-state index contributed by atoms with van der Waals surface area (Å²) < 4.78 is 0. The zero-order valence-electron chi connectivity index (χ0n) is 8.04. The summed E-state index contributed by atoms with van der Waals surface area (Å²) in [5.41, 5.74) is 1.52. The lowest BCUT2D eigenvalue weighted by Gasteiger charge is -2.59.